The Morgan fingerprint density at radius 2 is 1.63 bits per heavy atom. The SMILES string of the molecule is CN(C)CCNC(=O)c1cccc(NC(=O)c2ccc(C(F)(F)F)cc2)c1. The van der Waals surface area contributed by atoms with Crippen molar-refractivity contribution in [2.24, 2.45) is 0 Å². The summed E-state index contributed by atoms with van der Waals surface area (Å²) >= 11 is 0. The molecule has 0 radical (unpaired) electrons. The van der Waals surface area contributed by atoms with Crippen molar-refractivity contribution in [2.75, 3.05) is 32.5 Å². The van der Waals surface area contributed by atoms with E-state index in [1.54, 1.807) is 18.2 Å². The van der Waals surface area contributed by atoms with E-state index in [-0.39, 0.29) is 11.5 Å². The molecule has 2 aromatic rings. The Hall–Kier alpha value is -2.87. The average molecular weight is 379 g/mol. The number of benzene rings is 2. The fourth-order valence-electron chi connectivity index (χ4n) is 2.25. The highest BCUT2D eigenvalue weighted by molar-refractivity contribution is 6.05. The van der Waals surface area contributed by atoms with E-state index in [0.29, 0.717) is 24.3 Å². The first-order valence-corrected chi connectivity index (χ1v) is 8.18. The number of halogens is 3. The number of rotatable bonds is 6. The maximum atomic E-state index is 12.6. The van der Waals surface area contributed by atoms with Crippen LogP contribution in [0.15, 0.2) is 48.5 Å². The van der Waals surface area contributed by atoms with Crippen molar-refractivity contribution in [3.05, 3.63) is 65.2 Å². The number of anilines is 1. The zero-order valence-electron chi connectivity index (χ0n) is 14.9. The summed E-state index contributed by atoms with van der Waals surface area (Å²) in [6.45, 7) is 1.17. The predicted molar refractivity (Wildman–Crippen MR) is 96.7 cm³/mol. The van der Waals surface area contributed by atoms with Crippen LogP contribution < -0.4 is 10.6 Å². The predicted octanol–water partition coefficient (Wildman–Crippen LogP) is 3.25. The quantitative estimate of drug-likeness (QED) is 0.810. The molecule has 0 saturated carbocycles. The van der Waals surface area contributed by atoms with Crippen LogP contribution in [-0.2, 0) is 6.18 Å². The van der Waals surface area contributed by atoms with Gasteiger partial charge in [-0.05, 0) is 56.6 Å². The highest BCUT2D eigenvalue weighted by Gasteiger charge is 2.30. The molecule has 2 N–H and O–H groups in total. The Bertz CT molecular complexity index is 803. The van der Waals surface area contributed by atoms with Crippen molar-refractivity contribution in [2.45, 2.75) is 6.18 Å². The molecule has 0 aromatic heterocycles. The van der Waals surface area contributed by atoms with Gasteiger partial charge in [-0.25, -0.2) is 0 Å². The number of carbonyl (C=O) groups is 2. The molecule has 0 spiro atoms. The molecule has 2 aromatic carbocycles. The van der Waals surface area contributed by atoms with Gasteiger partial charge in [0.2, 0.25) is 0 Å². The molecular weight excluding hydrogens is 359 g/mol. The van der Waals surface area contributed by atoms with E-state index in [1.807, 2.05) is 19.0 Å². The van der Waals surface area contributed by atoms with E-state index >= 15 is 0 Å². The van der Waals surface area contributed by atoms with Crippen LogP contribution in [0.4, 0.5) is 18.9 Å². The average Bonchev–Trinajstić information content (AvgIpc) is 2.61. The lowest BCUT2D eigenvalue weighted by atomic mass is 10.1. The highest BCUT2D eigenvalue weighted by Crippen LogP contribution is 2.29. The van der Waals surface area contributed by atoms with Crippen LogP contribution in [0, 0.1) is 0 Å². The molecule has 0 aliphatic heterocycles. The van der Waals surface area contributed by atoms with Gasteiger partial charge in [0.15, 0.2) is 0 Å². The molecule has 144 valence electrons. The molecular formula is C19H20F3N3O2. The number of amides is 2. The van der Waals surface area contributed by atoms with Gasteiger partial charge in [-0.1, -0.05) is 6.07 Å². The maximum Gasteiger partial charge on any atom is 0.416 e. The van der Waals surface area contributed by atoms with Gasteiger partial charge in [0.25, 0.3) is 11.8 Å². The molecule has 8 heteroatoms. The molecule has 2 amide bonds. The molecule has 0 heterocycles. The van der Waals surface area contributed by atoms with E-state index in [1.165, 1.54) is 6.07 Å². The lowest BCUT2D eigenvalue weighted by molar-refractivity contribution is -0.137. The van der Waals surface area contributed by atoms with Gasteiger partial charge in [0, 0.05) is 29.9 Å². The van der Waals surface area contributed by atoms with E-state index in [0.717, 1.165) is 24.3 Å². The summed E-state index contributed by atoms with van der Waals surface area (Å²) in [5.41, 5.74) is 0.0124. The minimum absolute atomic E-state index is 0.0869. The highest BCUT2D eigenvalue weighted by atomic mass is 19.4. The fourth-order valence-corrected chi connectivity index (χ4v) is 2.25. The second kappa shape index (κ2) is 8.68. The Morgan fingerprint density at radius 3 is 2.22 bits per heavy atom. The standard InChI is InChI=1S/C19H20F3N3O2/c1-25(2)11-10-23-17(26)14-4-3-5-16(12-14)24-18(27)13-6-8-15(9-7-13)19(20,21)22/h3-9,12H,10-11H2,1-2H3,(H,23,26)(H,24,27). The summed E-state index contributed by atoms with van der Waals surface area (Å²) < 4.78 is 37.7. The second-order valence-electron chi connectivity index (χ2n) is 6.17. The van der Waals surface area contributed by atoms with Gasteiger partial charge in [0.1, 0.15) is 0 Å². The number of hydrogen-bond acceptors (Lipinski definition) is 3. The Morgan fingerprint density at radius 1 is 0.963 bits per heavy atom. The minimum atomic E-state index is -4.46. The number of alkyl halides is 3. The first-order valence-electron chi connectivity index (χ1n) is 8.18. The summed E-state index contributed by atoms with van der Waals surface area (Å²) in [5.74, 6) is -0.837. The summed E-state index contributed by atoms with van der Waals surface area (Å²) in [6, 6.07) is 10.2. The molecule has 0 aliphatic carbocycles. The van der Waals surface area contributed by atoms with E-state index in [9.17, 15) is 22.8 Å². The van der Waals surface area contributed by atoms with Gasteiger partial charge < -0.3 is 15.5 Å². The third kappa shape index (κ3) is 6.10. The van der Waals surface area contributed by atoms with Crippen LogP contribution in [0.3, 0.4) is 0 Å². The minimum Gasteiger partial charge on any atom is -0.351 e. The lowest BCUT2D eigenvalue weighted by Crippen LogP contribution is -2.31. The molecule has 27 heavy (non-hydrogen) atoms. The third-order valence-electron chi connectivity index (χ3n) is 3.70. The molecule has 0 saturated heterocycles. The van der Waals surface area contributed by atoms with Gasteiger partial charge in [-0.2, -0.15) is 13.2 Å². The maximum absolute atomic E-state index is 12.6. The van der Waals surface area contributed by atoms with Crippen molar-refractivity contribution < 1.29 is 22.8 Å². The third-order valence-corrected chi connectivity index (χ3v) is 3.70. The normalized spacial score (nSPS) is 11.3. The topological polar surface area (TPSA) is 61.4 Å². The van der Waals surface area contributed by atoms with Crippen molar-refractivity contribution in [1.82, 2.24) is 10.2 Å². The van der Waals surface area contributed by atoms with Crippen LogP contribution in [0.1, 0.15) is 26.3 Å². The number of likely N-dealkylation sites (N-methyl/N-ethyl adjacent to an activating group) is 1. The lowest BCUT2D eigenvalue weighted by Gasteiger charge is -2.11. The van der Waals surface area contributed by atoms with Crippen LogP contribution in [-0.4, -0.2) is 43.9 Å². The molecule has 0 aliphatic rings. The smallest absolute Gasteiger partial charge is 0.351 e. The molecule has 5 nitrogen and oxygen atoms in total. The number of nitrogens with zero attached hydrogens (tertiary/aromatic N) is 1. The Labute approximate surface area is 155 Å². The van der Waals surface area contributed by atoms with Crippen molar-refractivity contribution >= 4 is 17.5 Å². The van der Waals surface area contributed by atoms with E-state index < -0.39 is 17.6 Å². The first kappa shape index (κ1) is 20.4. The van der Waals surface area contributed by atoms with Gasteiger partial charge in [0.05, 0.1) is 5.56 Å². The largest absolute Gasteiger partial charge is 0.416 e. The molecule has 0 fully saturated rings. The number of hydrogen-bond donors (Lipinski definition) is 2. The first-order chi connectivity index (χ1) is 12.7. The molecule has 0 unspecified atom stereocenters. The summed E-state index contributed by atoms with van der Waals surface area (Å²) in [4.78, 5) is 26.3. The van der Waals surface area contributed by atoms with Crippen molar-refractivity contribution in [3.8, 4) is 0 Å². The zero-order chi connectivity index (χ0) is 20.0. The molecule has 2 rings (SSSR count). The van der Waals surface area contributed by atoms with Crippen LogP contribution in [0.2, 0.25) is 0 Å². The van der Waals surface area contributed by atoms with Crippen LogP contribution >= 0.6 is 0 Å². The Kier molecular flexibility index (Phi) is 6.57. The van der Waals surface area contributed by atoms with E-state index in [4.69, 9.17) is 0 Å². The van der Waals surface area contributed by atoms with Crippen LogP contribution in [0.25, 0.3) is 0 Å². The number of carbonyl (C=O) groups excluding carboxylic acids is 2. The summed E-state index contributed by atoms with van der Waals surface area (Å²) in [5, 5.41) is 5.34. The number of nitrogens with one attached hydrogen (secondary N) is 2. The van der Waals surface area contributed by atoms with Gasteiger partial charge in [-0.3, -0.25) is 9.59 Å². The fraction of sp³-hybridized carbons (Fsp3) is 0.263. The summed E-state index contributed by atoms with van der Waals surface area (Å²) in [6.07, 6.45) is -4.46. The summed E-state index contributed by atoms with van der Waals surface area (Å²) in [7, 11) is 3.78. The van der Waals surface area contributed by atoms with Gasteiger partial charge >= 0.3 is 6.18 Å². The monoisotopic (exact) mass is 379 g/mol. The van der Waals surface area contributed by atoms with Crippen molar-refractivity contribution in [3.63, 3.8) is 0 Å². The Balaban J connectivity index is 2.02. The van der Waals surface area contributed by atoms with Crippen LogP contribution in [0.5, 0.6) is 0 Å². The molecule has 0 atom stereocenters. The second-order valence-corrected chi connectivity index (χ2v) is 6.17. The van der Waals surface area contributed by atoms with Crippen molar-refractivity contribution in [1.29, 1.82) is 0 Å². The zero-order valence-corrected chi connectivity index (χ0v) is 14.9. The van der Waals surface area contributed by atoms with E-state index in [2.05, 4.69) is 10.6 Å². The molecule has 0 bridgehead atoms. The van der Waals surface area contributed by atoms with Gasteiger partial charge in [-0.15, -0.1) is 0 Å².